The van der Waals surface area contributed by atoms with E-state index in [0.717, 1.165) is 15.4 Å². The minimum absolute atomic E-state index is 0.103. The van der Waals surface area contributed by atoms with Crippen molar-refractivity contribution in [2.45, 2.75) is 12.7 Å². The van der Waals surface area contributed by atoms with Crippen LogP contribution >= 0.6 is 31.7 Å². The number of hydrogen-bond acceptors (Lipinski definition) is 3. The van der Waals surface area contributed by atoms with Gasteiger partial charge in [-0.15, -0.1) is 24.4 Å². The van der Waals surface area contributed by atoms with Gasteiger partial charge in [0.15, 0.2) is 12.7 Å². The van der Waals surface area contributed by atoms with Crippen LogP contribution in [-0.2, 0) is 10.5 Å². The molecule has 5 heteroatoms. The van der Waals surface area contributed by atoms with Crippen molar-refractivity contribution >= 4 is 53.5 Å². The molecule has 4 aromatic carbocycles. The van der Waals surface area contributed by atoms with Crippen LogP contribution in [0.3, 0.4) is 0 Å². The number of thioether (sulfide) groups is 1. The number of rotatable bonds is 8. The Bertz CT molecular complexity index is 1150. The fourth-order valence-electron chi connectivity index (χ4n) is 4.03. The minimum atomic E-state index is -2.44. The van der Waals surface area contributed by atoms with Gasteiger partial charge in [-0.2, -0.15) is 0 Å². The zero-order chi connectivity index (χ0) is 23.8. The van der Waals surface area contributed by atoms with Crippen molar-refractivity contribution in [3.8, 4) is 0 Å². The average molecular weight is 501 g/mol. The lowest BCUT2D eigenvalue weighted by Crippen LogP contribution is -2.38. The summed E-state index contributed by atoms with van der Waals surface area (Å²) in [6.07, 6.45) is 0. The maximum atomic E-state index is 12.6. The highest BCUT2D eigenvalue weighted by Gasteiger charge is 2.51. The van der Waals surface area contributed by atoms with Crippen LogP contribution in [0.2, 0.25) is 0 Å². The molecule has 4 aromatic rings. The molecule has 0 heterocycles. The summed E-state index contributed by atoms with van der Waals surface area (Å²) in [5, 5.41) is 6.75. The summed E-state index contributed by atoms with van der Waals surface area (Å²) in [6.45, 7) is 1.57. The monoisotopic (exact) mass is 500 g/mol. The van der Waals surface area contributed by atoms with Crippen LogP contribution < -0.4 is 21.2 Å². The van der Waals surface area contributed by atoms with E-state index in [1.54, 1.807) is 18.7 Å². The van der Waals surface area contributed by atoms with Crippen molar-refractivity contribution in [2.75, 3.05) is 0 Å². The summed E-state index contributed by atoms with van der Waals surface area (Å²) in [6, 6.07) is 41.8. The van der Waals surface area contributed by atoms with E-state index in [0.29, 0.717) is 0 Å². The Labute approximate surface area is 212 Å². The molecule has 170 valence electrons. The number of benzene rings is 4. The number of thiol groups is 1. The van der Waals surface area contributed by atoms with Gasteiger partial charge in [0.1, 0.15) is 15.9 Å². The summed E-state index contributed by atoms with van der Waals surface area (Å²) in [5.41, 5.74) is 2.08. The summed E-state index contributed by atoms with van der Waals surface area (Å²) >= 11 is 6.68. The Morgan fingerprint density at radius 1 is 0.706 bits per heavy atom. The van der Waals surface area contributed by atoms with Crippen LogP contribution in [0.25, 0.3) is 0 Å². The van der Waals surface area contributed by atoms with Crippen molar-refractivity contribution in [1.82, 2.24) is 5.32 Å². The summed E-state index contributed by atoms with van der Waals surface area (Å²) in [4.78, 5) is 12.6. The van der Waals surface area contributed by atoms with Crippen LogP contribution in [-0.4, -0.2) is 5.91 Å². The normalized spacial score (nSPS) is 12.1. The standard InChI is InChI=1S/C29H26NOPS2/c1-23(31)30-28(29(33)34-22-24-14-6-2-7-15-24)32(25-16-8-3-9-17-25,26-18-10-4-11-19-26)27-20-12-5-13-21-27/h2-21H,22H2,1H3,(H-,30,31,33)/p+1/b29-28-. The maximum absolute atomic E-state index is 12.6. The summed E-state index contributed by atoms with van der Waals surface area (Å²) < 4.78 is 0.823. The molecule has 0 aliphatic heterocycles. The largest absolute Gasteiger partial charge is 0.295 e. The molecule has 0 saturated carbocycles. The average Bonchev–Trinajstić information content (AvgIpc) is 2.89. The fourth-order valence-corrected chi connectivity index (χ4v) is 10.2. The lowest BCUT2D eigenvalue weighted by molar-refractivity contribution is -0.118. The zero-order valence-corrected chi connectivity index (χ0v) is 21.6. The Morgan fingerprint density at radius 2 is 1.09 bits per heavy atom. The lowest BCUT2D eigenvalue weighted by Gasteiger charge is -2.30. The molecule has 1 N–H and O–H groups in total. The van der Waals surface area contributed by atoms with E-state index in [2.05, 4.69) is 90.2 Å². The predicted octanol–water partition coefficient (Wildman–Crippen LogP) is 6.11. The third-order valence-corrected chi connectivity index (χ3v) is 11.6. The van der Waals surface area contributed by atoms with Crippen LogP contribution in [0.4, 0.5) is 0 Å². The molecule has 1 amide bonds. The van der Waals surface area contributed by atoms with Gasteiger partial charge in [0, 0.05) is 12.7 Å². The van der Waals surface area contributed by atoms with Crippen molar-refractivity contribution in [1.29, 1.82) is 0 Å². The van der Waals surface area contributed by atoms with E-state index in [9.17, 15) is 4.79 Å². The van der Waals surface area contributed by atoms with Crippen LogP contribution in [0, 0.1) is 0 Å². The third kappa shape index (κ3) is 5.31. The van der Waals surface area contributed by atoms with E-state index in [1.165, 1.54) is 21.5 Å². The molecule has 2 nitrogen and oxygen atoms in total. The van der Waals surface area contributed by atoms with E-state index in [-0.39, 0.29) is 5.91 Å². The molecule has 0 atom stereocenters. The first kappa shape index (κ1) is 24.3. The highest BCUT2D eigenvalue weighted by molar-refractivity contribution is 8.16. The highest BCUT2D eigenvalue weighted by Crippen LogP contribution is 2.63. The summed E-state index contributed by atoms with van der Waals surface area (Å²) in [7, 11) is -2.44. The summed E-state index contributed by atoms with van der Waals surface area (Å²) in [5.74, 6) is 0.662. The molecule has 0 aromatic heterocycles. The van der Waals surface area contributed by atoms with E-state index in [1.807, 2.05) is 36.4 Å². The van der Waals surface area contributed by atoms with E-state index in [4.69, 9.17) is 12.6 Å². The second kappa shape index (κ2) is 11.6. The Kier molecular flexibility index (Phi) is 8.29. The molecule has 0 aliphatic rings. The van der Waals surface area contributed by atoms with Gasteiger partial charge in [0.05, 0.1) is 4.24 Å². The number of hydrogen-bond donors (Lipinski definition) is 2. The number of nitrogens with one attached hydrogen (secondary N) is 1. The van der Waals surface area contributed by atoms with Crippen LogP contribution in [0.1, 0.15) is 12.5 Å². The van der Waals surface area contributed by atoms with Gasteiger partial charge in [-0.3, -0.25) is 10.1 Å². The quantitative estimate of drug-likeness (QED) is 0.226. The Hall–Kier alpha value is -2.78. The van der Waals surface area contributed by atoms with Crippen LogP contribution in [0.15, 0.2) is 131 Å². The highest BCUT2D eigenvalue weighted by atomic mass is 32.2. The van der Waals surface area contributed by atoms with E-state index >= 15 is 0 Å². The van der Waals surface area contributed by atoms with Gasteiger partial charge < -0.3 is 0 Å². The first-order chi connectivity index (χ1) is 16.6. The molecule has 0 bridgehead atoms. The van der Waals surface area contributed by atoms with Gasteiger partial charge in [-0.25, -0.2) is 0 Å². The smallest absolute Gasteiger partial charge is 0.223 e. The first-order valence-corrected chi connectivity index (χ1v) is 14.3. The van der Waals surface area contributed by atoms with Gasteiger partial charge in [-0.05, 0) is 42.0 Å². The molecular weight excluding hydrogens is 473 g/mol. The van der Waals surface area contributed by atoms with Gasteiger partial charge >= 0.3 is 0 Å². The molecule has 34 heavy (non-hydrogen) atoms. The SMILES string of the molecule is CC(=O)N/C(=C(\S)SCc1ccccc1)[P+](c1ccccc1)(c1ccccc1)c1ccccc1. The molecule has 0 unspecified atom stereocenters. The maximum Gasteiger partial charge on any atom is 0.223 e. The predicted molar refractivity (Wildman–Crippen MR) is 153 cm³/mol. The molecular formula is C29H27NOPS2+. The Morgan fingerprint density at radius 3 is 1.47 bits per heavy atom. The third-order valence-electron chi connectivity index (χ3n) is 5.48. The molecule has 0 fully saturated rings. The van der Waals surface area contributed by atoms with Crippen molar-refractivity contribution in [3.63, 3.8) is 0 Å². The van der Waals surface area contributed by atoms with Crippen molar-refractivity contribution in [3.05, 3.63) is 137 Å². The van der Waals surface area contributed by atoms with Crippen molar-refractivity contribution < 1.29 is 4.79 Å². The molecule has 0 radical (unpaired) electrons. The van der Waals surface area contributed by atoms with Crippen LogP contribution in [0.5, 0.6) is 0 Å². The molecule has 4 rings (SSSR count). The number of carbonyl (C=O) groups is 1. The molecule has 0 spiro atoms. The number of amides is 1. The second-order valence-electron chi connectivity index (χ2n) is 7.79. The molecule has 0 aliphatic carbocycles. The second-order valence-corrected chi connectivity index (χ2v) is 12.9. The topological polar surface area (TPSA) is 29.1 Å². The van der Waals surface area contributed by atoms with E-state index < -0.39 is 7.26 Å². The van der Waals surface area contributed by atoms with Gasteiger partial charge in [0.2, 0.25) is 5.91 Å². The minimum Gasteiger partial charge on any atom is -0.295 e. The fraction of sp³-hybridized carbons (Fsp3) is 0.0690. The van der Waals surface area contributed by atoms with Gasteiger partial charge in [0.25, 0.3) is 0 Å². The van der Waals surface area contributed by atoms with Crippen molar-refractivity contribution in [2.24, 2.45) is 0 Å². The zero-order valence-electron chi connectivity index (χ0n) is 19.0. The first-order valence-electron chi connectivity index (χ1n) is 11.1. The molecule has 0 saturated heterocycles. The van der Waals surface area contributed by atoms with Gasteiger partial charge in [-0.1, -0.05) is 84.9 Å². The number of carbonyl (C=O) groups excluding carboxylic acids is 1. The Balaban J connectivity index is 2.00. The lowest BCUT2D eigenvalue weighted by atomic mass is 10.2.